The Labute approximate surface area is 133 Å². The van der Waals surface area contributed by atoms with E-state index in [0.717, 1.165) is 16.0 Å². The van der Waals surface area contributed by atoms with E-state index in [-0.39, 0.29) is 18.2 Å². The largest absolute Gasteiger partial charge is 0.481 e. The number of hydrogen-bond acceptors (Lipinski definition) is 3. The maximum atomic E-state index is 12.4. The monoisotopic (exact) mass is 317 g/mol. The van der Waals surface area contributed by atoms with E-state index in [9.17, 15) is 9.59 Å². The number of thiophene rings is 1. The first kappa shape index (κ1) is 16.2. The number of rotatable bonds is 6. The number of carbonyl (C=O) groups is 2. The molecule has 2 rings (SSSR count). The SMILES string of the molecule is Cc1ccccc1[C@@H](CC(=O)O)NC(=O)[C@H](C)c1cccs1. The predicted molar refractivity (Wildman–Crippen MR) is 87.0 cm³/mol. The van der Waals surface area contributed by atoms with Gasteiger partial charge in [0.2, 0.25) is 5.91 Å². The number of carboxylic acid groups (broad SMARTS) is 1. The van der Waals surface area contributed by atoms with Gasteiger partial charge < -0.3 is 10.4 Å². The second-order valence-corrected chi connectivity index (χ2v) is 6.23. The van der Waals surface area contributed by atoms with Crippen molar-refractivity contribution in [3.05, 3.63) is 57.8 Å². The average Bonchev–Trinajstić information content (AvgIpc) is 3.00. The molecule has 1 aromatic heterocycles. The Morgan fingerprint density at radius 3 is 2.55 bits per heavy atom. The number of benzene rings is 1. The highest BCUT2D eigenvalue weighted by molar-refractivity contribution is 7.10. The summed E-state index contributed by atoms with van der Waals surface area (Å²) >= 11 is 1.52. The van der Waals surface area contributed by atoms with Gasteiger partial charge in [-0.15, -0.1) is 11.3 Å². The quantitative estimate of drug-likeness (QED) is 0.857. The zero-order chi connectivity index (χ0) is 16.1. The Morgan fingerprint density at radius 2 is 1.95 bits per heavy atom. The molecule has 2 N–H and O–H groups in total. The summed E-state index contributed by atoms with van der Waals surface area (Å²) in [7, 11) is 0. The molecule has 0 unspecified atom stereocenters. The normalized spacial score (nSPS) is 13.4. The van der Waals surface area contributed by atoms with Crippen LogP contribution in [-0.4, -0.2) is 17.0 Å². The fraction of sp³-hybridized carbons (Fsp3) is 0.294. The Morgan fingerprint density at radius 1 is 1.23 bits per heavy atom. The minimum Gasteiger partial charge on any atom is -0.481 e. The van der Waals surface area contributed by atoms with Crippen LogP contribution in [0.4, 0.5) is 0 Å². The van der Waals surface area contributed by atoms with Crippen molar-refractivity contribution < 1.29 is 14.7 Å². The Balaban J connectivity index is 2.18. The van der Waals surface area contributed by atoms with Crippen LogP contribution in [-0.2, 0) is 9.59 Å². The van der Waals surface area contributed by atoms with Crippen molar-refractivity contribution in [3.8, 4) is 0 Å². The molecule has 0 fully saturated rings. The summed E-state index contributed by atoms with van der Waals surface area (Å²) in [4.78, 5) is 24.5. The number of aryl methyl sites for hydroxylation is 1. The molecule has 116 valence electrons. The van der Waals surface area contributed by atoms with E-state index in [2.05, 4.69) is 5.32 Å². The van der Waals surface area contributed by atoms with Crippen LogP contribution in [0.3, 0.4) is 0 Å². The topological polar surface area (TPSA) is 66.4 Å². The molecule has 5 heteroatoms. The Bertz CT molecular complexity index is 652. The number of amides is 1. The summed E-state index contributed by atoms with van der Waals surface area (Å²) in [6.07, 6.45) is -0.131. The molecule has 1 heterocycles. The number of carboxylic acids is 1. The van der Waals surface area contributed by atoms with Crippen molar-refractivity contribution >= 4 is 23.2 Å². The molecule has 22 heavy (non-hydrogen) atoms. The third-order valence-corrected chi connectivity index (χ3v) is 4.68. The van der Waals surface area contributed by atoms with Gasteiger partial charge in [-0.05, 0) is 36.4 Å². The molecule has 0 saturated heterocycles. The van der Waals surface area contributed by atoms with Gasteiger partial charge in [-0.2, -0.15) is 0 Å². The molecule has 4 nitrogen and oxygen atoms in total. The predicted octanol–water partition coefficient (Wildman–Crippen LogP) is 3.49. The van der Waals surface area contributed by atoms with E-state index in [1.165, 1.54) is 11.3 Å². The van der Waals surface area contributed by atoms with Crippen LogP contribution < -0.4 is 5.32 Å². The standard InChI is InChI=1S/C17H19NO3S/c1-11-6-3-4-7-13(11)14(10-16(19)20)18-17(21)12(2)15-8-5-9-22-15/h3-9,12,14H,10H2,1-2H3,(H,18,21)(H,19,20)/t12-,14-/m1/s1. The lowest BCUT2D eigenvalue weighted by molar-refractivity contribution is -0.137. The van der Waals surface area contributed by atoms with Crippen molar-refractivity contribution in [2.75, 3.05) is 0 Å². The van der Waals surface area contributed by atoms with Crippen LogP contribution in [0.25, 0.3) is 0 Å². The first-order chi connectivity index (χ1) is 10.5. The summed E-state index contributed by atoms with van der Waals surface area (Å²) in [5.41, 5.74) is 1.81. The highest BCUT2D eigenvalue weighted by Crippen LogP contribution is 2.25. The summed E-state index contributed by atoms with van der Waals surface area (Å²) in [6, 6.07) is 10.8. The van der Waals surface area contributed by atoms with Crippen LogP contribution in [0.2, 0.25) is 0 Å². The lowest BCUT2D eigenvalue weighted by atomic mass is 9.98. The molecule has 2 aromatic rings. The lowest BCUT2D eigenvalue weighted by Crippen LogP contribution is -2.33. The minimum atomic E-state index is -0.933. The van der Waals surface area contributed by atoms with Gasteiger partial charge in [-0.1, -0.05) is 30.3 Å². The van der Waals surface area contributed by atoms with Gasteiger partial charge in [0.15, 0.2) is 0 Å². The molecule has 0 spiro atoms. The van der Waals surface area contributed by atoms with Gasteiger partial charge in [0.05, 0.1) is 18.4 Å². The summed E-state index contributed by atoms with van der Waals surface area (Å²) < 4.78 is 0. The van der Waals surface area contributed by atoms with E-state index in [1.54, 1.807) is 0 Å². The first-order valence-corrected chi connectivity index (χ1v) is 7.98. The molecule has 2 atom stereocenters. The third-order valence-electron chi connectivity index (χ3n) is 3.62. The fourth-order valence-corrected chi connectivity index (χ4v) is 3.14. The van der Waals surface area contributed by atoms with E-state index in [1.807, 2.05) is 55.6 Å². The molecule has 0 saturated carbocycles. The third kappa shape index (κ3) is 3.95. The number of aliphatic carboxylic acids is 1. The minimum absolute atomic E-state index is 0.131. The summed E-state index contributed by atoms with van der Waals surface area (Å²) in [5, 5.41) is 13.9. The van der Waals surface area contributed by atoms with E-state index in [4.69, 9.17) is 5.11 Å². The fourth-order valence-electron chi connectivity index (χ4n) is 2.35. The van der Waals surface area contributed by atoms with Gasteiger partial charge in [-0.3, -0.25) is 9.59 Å². The van der Waals surface area contributed by atoms with E-state index < -0.39 is 12.0 Å². The van der Waals surface area contributed by atoms with Crippen molar-refractivity contribution in [2.45, 2.75) is 32.2 Å². The molecule has 0 aliphatic carbocycles. The van der Waals surface area contributed by atoms with Crippen molar-refractivity contribution in [1.29, 1.82) is 0 Å². The van der Waals surface area contributed by atoms with Gasteiger partial charge in [-0.25, -0.2) is 0 Å². The molecule has 1 amide bonds. The van der Waals surface area contributed by atoms with Crippen LogP contribution in [0.1, 0.15) is 41.3 Å². The number of hydrogen-bond donors (Lipinski definition) is 2. The number of nitrogens with one attached hydrogen (secondary N) is 1. The first-order valence-electron chi connectivity index (χ1n) is 7.10. The average molecular weight is 317 g/mol. The maximum Gasteiger partial charge on any atom is 0.305 e. The lowest BCUT2D eigenvalue weighted by Gasteiger charge is -2.21. The Kier molecular flexibility index (Phi) is 5.33. The van der Waals surface area contributed by atoms with Crippen LogP contribution in [0.15, 0.2) is 41.8 Å². The molecular weight excluding hydrogens is 298 g/mol. The highest BCUT2D eigenvalue weighted by Gasteiger charge is 2.23. The smallest absolute Gasteiger partial charge is 0.305 e. The van der Waals surface area contributed by atoms with Crippen LogP contribution >= 0.6 is 11.3 Å². The molecule has 0 radical (unpaired) electrons. The second-order valence-electron chi connectivity index (χ2n) is 5.25. The Hall–Kier alpha value is -2.14. The van der Waals surface area contributed by atoms with Gasteiger partial charge in [0.1, 0.15) is 0 Å². The highest BCUT2D eigenvalue weighted by atomic mass is 32.1. The van der Waals surface area contributed by atoms with Gasteiger partial charge in [0.25, 0.3) is 0 Å². The van der Waals surface area contributed by atoms with Crippen LogP contribution in [0.5, 0.6) is 0 Å². The second kappa shape index (κ2) is 7.22. The molecule has 1 aromatic carbocycles. The summed E-state index contributed by atoms with van der Waals surface area (Å²) in [6.45, 7) is 3.75. The molecular formula is C17H19NO3S. The van der Waals surface area contributed by atoms with Gasteiger partial charge >= 0.3 is 5.97 Å². The zero-order valence-corrected chi connectivity index (χ0v) is 13.4. The maximum absolute atomic E-state index is 12.4. The van der Waals surface area contributed by atoms with Crippen molar-refractivity contribution in [1.82, 2.24) is 5.32 Å². The molecule has 0 aliphatic heterocycles. The summed E-state index contributed by atoms with van der Waals surface area (Å²) in [5.74, 6) is -1.38. The van der Waals surface area contributed by atoms with Gasteiger partial charge in [0, 0.05) is 4.88 Å². The van der Waals surface area contributed by atoms with Crippen LogP contribution in [0, 0.1) is 6.92 Å². The number of carbonyl (C=O) groups excluding carboxylic acids is 1. The van der Waals surface area contributed by atoms with Crippen molar-refractivity contribution in [3.63, 3.8) is 0 Å². The molecule has 0 aliphatic rings. The zero-order valence-electron chi connectivity index (χ0n) is 12.6. The van der Waals surface area contributed by atoms with E-state index >= 15 is 0 Å². The van der Waals surface area contributed by atoms with Crippen molar-refractivity contribution in [2.24, 2.45) is 0 Å². The van der Waals surface area contributed by atoms with E-state index in [0.29, 0.717) is 0 Å². The molecule has 0 bridgehead atoms.